The summed E-state index contributed by atoms with van der Waals surface area (Å²) in [7, 11) is 0. The molecule has 0 aromatic carbocycles. The van der Waals surface area contributed by atoms with E-state index >= 15 is 0 Å². The molecule has 18 heavy (non-hydrogen) atoms. The van der Waals surface area contributed by atoms with Gasteiger partial charge in [0.1, 0.15) is 0 Å². The summed E-state index contributed by atoms with van der Waals surface area (Å²) in [5.74, 6) is 0. The molecule has 2 heterocycles. The van der Waals surface area contributed by atoms with Crippen molar-refractivity contribution in [1.29, 1.82) is 0 Å². The zero-order chi connectivity index (χ0) is 13.1. The minimum Gasteiger partial charge on any atom is -0.375 e. The van der Waals surface area contributed by atoms with Crippen molar-refractivity contribution in [1.82, 2.24) is 0 Å². The van der Waals surface area contributed by atoms with Gasteiger partial charge in [-0.3, -0.25) is 0 Å². The van der Waals surface area contributed by atoms with Crippen molar-refractivity contribution in [3.8, 4) is 0 Å². The molecule has 0 radical (unpaired) electrons. The molecule has 2 aliphatic heterocycles. The Labute approximate surface area is 111 Å². The van der Waals surface area contributed by atoms with E-state index in [2.05, 4.69) is 27.7 Å². The second-order valence-electron chi connectivity index (χ2n) is 8.54. The highest BCUT2D eigenvalue weighted by Gasteiger charge is 2.53. The van der Waals surface area contributed by atoms with E-state index in [4.69, 9.17) is 9.47 Å². The van der Waals surface area contributed by atoms with E-state index in [1.165, 1.54) is 38.5 Å². The molecule has 0 aromatic heterocycles. The first-order valence-corrected chi connectivity index (χ1v) is 7.52. The smallest absolute Gasteiger partial charge is 0.0689 e. The quantitative estimate of drug-likeness (QED) is 0.650. The molecular weight excluding hydrogens is 224 g/mol. The molecule has 104 valence electrons. The molecule has 3 fully saturated rings. The highest BCUT2D eigenvalue weighted by Crippen LogP contribution is 2.55. The molecule has 0 N–H and O–H groups in total. The third-order valence-electron chi connectivity index (χ3n) is 5.36. The van der Waals surface area contributed by atoms with Crippen LogP contribution >= 0.6 is 0 Å². The lowest BCUT2D eigenvalue weighted by Gasteiger charge is -2.42. The Bertz CT molecular complexity index is 301. The summed E-state index contributed by atoms with van der Waals surface area (Å²) in [6.07, 6.45) is 7.57. The van der Waals surface area contributed by atoms with E-state index in [0.717, 1.165) is 13.2 Å². The van der Waals surface area contributed by atoms with Crippen molar-refractivity contribution < 1.29 is 9.47 Å². The Balaban J connectivity index is 1.66. The first-order chi connectivity index (χ1) is 8.24. The number of hydrogen-bond donors (Lipinski definition) is 0. The Morgan fingerprint density at radius 1 is 0.722 bits per heavy atom. The Morgan fingerprint density at radius 2 is 1.39 bits per heavy atom. The lowest BCUT2D eigenvalue weighted by Crippen LogP contribution is -2.39. The Hall–Kier alpha value is -0.0800. The lowest BCUT2D eigenvalue weighted by atomic mass is 9.64. The number of ether oxygens (including phenoxy) is 2. The summed E-state index contributed by atoms with van der Waals surface area (Å²) in [4.78, 5) is 0. The average molecular weight is 252 g/mol. The van der Waals surface area contributed by atoms with Crippen molar-refractivity contribution in [2.75, 3.05) is 13.2 Å². The van der Waals surface area contributed by atoms with Crippen LogP contribution in [0.25, 0.3) is 0 Å². The molecule has 0 bridgehead atoms. The first-order valence-electron chi connectivity index (χ1n) is 7.52. The van der Waals surface area contributed by atoms with Crippen LogP contribution in [0.1, 0.15) is 66.2 Å². The van der Waals surface area contributed by atoms with Crippen LogP contribution in [0.5, 0.6) is 0 Å². The van der Waals surface area contributed by atoms with Crippen LogP contribution in [-0.4, -0.2) is 24.4 Å². The molecule has 3 rings (SSSR count). The molecule has 0 unspecified atom stereocenters. The molecule has 2 nitrogen and oxygen atoms in total. The van der Waals surface area contributed by atoms with Crippen LogP contribution in [0.4, 0.5) is 0 Å². The zero-order valence-corrected chi connectivity index (χ0v) is 12.5. The van der Waals surface area contributed by atoms with E-state index in [0.29, 0.717) is 10.8 Å². The van der Waals surface area contributed by atoms with Gasteiger partial charge in [0.05, 0.1) is 24.4 Å². The average Bonchev–Trinajstić information content (AvgIpc) is 2.72. The normalized spacial score (nSPS) is 46.0. The van der Waals surface area contributed by atoms with E-state index in [1.54, 1.807) is 0 Å². The van der Waals surface area contributed by atoms with Crippen molar-refractivity contribution >= 4 is 0 Å². The van der Waals surface area contributed by atoms with Gasteiger partial charge in [-0.05, 0) is 63.2 Å². The van der Waals surface area contributed by atoms with Gasteiger partial charge >= 0.3 is 0 Å². The Morgan fingerprint density at radius 3 is 1.83 bits per heavy atom. The molecule has 1 saturated carbocycles. The molecule has 0 aromatic rings. The van der Waals surface area contributed by atoms with Crippen molar-refractivity contribution in [3.05, 3.63) is 0 Å². The maximum absolute atomic E-state index is 6.21. The topological polar surface area (TPSA) is 18.5 Å². The van der Waals surface area contributed by atoms with E-state index in [9.17, 15) is 0 Å². The van der Waals surface area contributed by atoms with Gasteiger partial charge in [-0.2, -0.15) is 0 Å². The van der Waals surface area contributed by atoms with Gasteiger partial charge < -0.3 is 9.47 Å². The minimum atomic E-state index is 0.0975. The summed E-state index contributed by atoms with van der Waals surface area (Å²) >= 11 is 0. The van der Waals surface area contributed by atoms with Crippen molar-refractivity contribution in [2.24, 2.45) is 10.8 Å². The summed E-state index contributed by atoms with van der Waals surface area (Å²) in [6.45, 7) is 11.1. The monoisotopic (exact) mass is 252 g/mol. The highest BCUT2D eigenvalue weighted by molar-refractivity contribution is 5.03. The molecule has 1 aliphatic carbocycles. The van der Waals surface area contributed by atoms with E-state index < -0.39 is 0 Å². The van der Waals surface area contributed by atoms with E-state index in [1.807, 2.05) is 0 Å². The highest BCUT2D eigenvalue weighted by atomic mass is 16.5. The number of rotatable bonds is 0. The van der Waals surface area contributed by atoms with Crippen LogP contribution in [0.15, 0.2) is 0 Å². The van der Waals surface area contributed by atoms with Gasteiger partial charge in [-0.1, -0.05) is 13.8 Å². The van der Waals surface area contributed by atoms with Gasteiger partial charge in [0.15, 0.2) is 0 Å². The maximum atomic E-state index is 6.21. The van der Waals surface area contributed by atoms with Crippen LogP contribution in [0.2, 0.25) is 0 Å². The molecule has 0 amide bonds. The van der Waals surface area contributed by atoms with Gasteiger partial charge in [0.2, 0.25) is 0 Å². The second-order valence-corrected chi connectivity index (χ2v) is 8.54. The molecule has 0 atom stereocenters. The third kappa shape index (κ3) is 2.22. The molecule has 2 saturated heterocycles. The second kappa shape index (κ2) is 3.73. The molecule has 2 heteroatoms. The zero-order valence-electron chi connectivity index (χ0n) is 12.5. The fraction of sp³-hybridized carbons (Fsp3) is 1.00. The predicted molar refractivity (Wildman–Crippen MR) is 72.6 cm³/mol. The molecule has 2 spiro atoms. The SMILES string of the molecule is CC1(C)COC2(CCC3(CC2)COC(C)(C)C3)C1. The van der Waals surface area contributed by atoms with Crippen LogP contribution < -0.4 is 0 Å². The van der Waals surface area contributed by atoms with Crippen molar-refractivity contribution in [3.63, 3.8) is 0 Å². The van der Waals surface area contributed by atoms with Gasteiger partial charge in [-0.25, -0.2) is 0 Å². The van der Waals surface area contributed by atoms with Crippen LogP contribution in [-0.2, 0) is 9.47 Å². The standard InChI is InChI=1S/C16H28O2/c1-13(2)9-16(18-11-13)7-5-15(6-8-16)10-14(3,4)17-12-15/h5-12H2,1-4H3. The first kappa shape index (κ1) is 12.9. The fourth-order valence-corrected chi connectivity index (χ4v) is 4.55. The van der Waals surface area contributed by atoms with Crippen LogP contribution in [0, 0.1) is 10.8 Å². The third-order valence-corrected chi connectivity index (χ3v) is 5.36. The van der Waals surface area contributed by atoms with Gasteiger partial charge in [-0.15, -0.1) is 0 Å². The number of hydrogen-bond acceptors (Lipinski definition) is 2. The lowest BCUT2D eigenvalue weighted by molar-refractivity contribution is -0.0560. The Kier molecular flexibility index (Phi) is 2.68. The summed E-state index contributed by atoms with van der Waals surface area (Å²) in [5.41, 5.74) is 1.16. The van der Waals surface area contributed by atoms with Gasteiger partial charge in [0, 0.05) is 0 Å². The predicted octanol–water partition coefficient (Wildman–Crippen LogP) is 3.93. The summed E-state index contributed by atoms with van der Waals surface area (Å²) < 4.78 is 12.2. The van der Waals surface area contributed by atoms with Crippen molar-refractivity contribution in [2.45, 2.75) is 77.4 Å². The summed E-state index contributed by atoms with van der Waals surface area (Å²) in [6, 6.07) is 0. The summed E-state index contributed by atoms with van der Waals surface area (Å²) in [5, 5.41) is 0. The minimum absolute atomic E-state index is 0.0975. The van der Waals surface area contributed by atoms with Gasteiger partial charge in [0.25, 0.3) is 0 Å². The maximum Gasteiger partial charge on any atom is 0.0689 e. The molecule has 3 aliphatic rings. The molecular formula is C16H28O2. The van der Waals surface area contributed by atoms with E-state index in [-0.39, 0.29) is 11.2 Å². The van der Waals surface area contributed by atoms with Crippen LogP contribution in [0.3, 0.4) is 0 Å². The largest absolute Gasteiger partial charge is 0.375 e. The fourth-order valence-electron chi connectivity index (χ4n) is 4.55.